The Balaban J connectivity index is 2.51. The molecule has 0 aliphatic carbocycles. The van der Waals surface area contributed by atoms with Gasteiger partial charge < -0.3 is 5.32 Å². The monoisotopic (exact) mass is 195 g/mol. The van der Waals surface area contributed by atoms with E-state index in [1.165, 1.54) is 5.69 Å². The zero-order valence-electron chi connectivity index (χ0n) is 9.65. The van der Waals surface area contributed by atoms with Gasteiger partial charge in [-0.05, 0) is 32.5 Å². The topological polar surface area (TPSA) is 40.7 Å². The van der Waals surface area contributed by atoms with Gasteiger partial charge in [-0.3, -0.25) is 5.10 Å². The molecule has 1 aromatic rings. The second-order valence-corrected chi connectivity index (χ2v) is 4.74. The first-order chi connectivity index (χ1) is 6.54. The Labute approximate surface area is 86.3 Å². The first-order valence-electron chi connectivity index (χ1n) is 5.23. The molecule has 3 nitrogen and oxygen atoms in total. The molecule has 0 aromatic carbocycles. The van der Waals surface area contributed by atoms with Crippen molar-refractivity contribution in [3.8, 4) is 0 Å². The Hall–Kier alpha value is -0.830. The lowest BCUT2D eigenvalue weighted by molar-refractivity contribution is 0.567. The summed E-state index contributed by atoms with van der Waals surface area (Å²) in [6.45, 7) is 7.60. The summed E-state index contributed by atoms with van der Waals surface area (Å²) < 4.78 is 0. The summed E-state index contributed by atoms with van der Waals surface area (Å²) in [5, 5.41) is 10.6. The standard InChI is InChI=1S/C11H21N3/c1-11(2,3)10-8-9(13-14-10)6-5-7-12-4/h8,12H,5-7H2,1-4H3,(H,13,14). The molecule has 2 N–H and O–H groups in total. The minimum absolute atomic E-state index is 0.151. The molecular weight excluding hydrogens is 174 g/mol. The molecule has 3 heteroatoms. The maximum atomic E-state index is 4.32. The number of aromatic amines is 1. The van der Waals surface area contributed by atoms with Crippen molar-refractivity contribution in [2.45, 2.75) is 39.0 Å². The summed E-state index contributed by atoms with van der Waals surface area (Å²) in [4.78, 5) is 0. The molecule has 1 aromatic heterocycles. The van der Waals surface area contributed by atoms with Crippen molar-refractivity contribution in [1.29, 1.82) is 0 Å². The molecule has 0 fully saturated rings. The van der Waals surface area contributed by atoms with Gasteiger partial charge in [-0.2, -0.15) is 5.10 Å². The van der Waals surface area contributed by atoms with Gasteiger partial charge in [0, 0.05) is 11.1 Å². The van der Waals surface area contributed by atoms with Gasteiger partial charge >= 0.3 is 0 Å². The number of aromatic nitrogens is 2. The Morgan fingerprint density at radius 2 is 2.14 bits per heavy atom. The molecule has 0 saturated carbocycles. The molecule has 80 valence electrons. The lowest BCUT2D eigenvalue weighted by Crippen LogP contribution is -2.11. The van der Waals surface area contributed by atoms with Crippen LogP contribution in [0, 0.1) is 0 Å². The molecule has 1 heterocycles. The molecule has 0 bridgehead atoms. The second-order valence-electron chi connectivity index (χ2n) is 4.74. The summed E-state index contributed by atoms with van der Waals surface area (Å²) in [5.74, 6) is 0. The molecule has 0 aliphatic heterocycles. The molecule has 1 rings (SSSR count). The van der Waals surface area contributed by atoms with E-state index in [1.807, 2.05) is 7.05 Å². The summed E-state index contributed by atoms with van der Waals surface area (Å²) >= 11 is 0. The first-order valence-corrected chi connectivity index (χ1v) is 5.23. The van der Waals surface area contributed by atoms with Gasteiger partial charge in [0.25, 0.3) is 0 Å². The number of nitrogens with one attached hydrogen (secondary N) is 2. The quantitative estimate of drug-likeness (QED) is 0.720. The van der Waals surface area contributed by atoms with Gasteiger partial charge in [-0.25, -0.2) is 0 Å². The van der Waals surface area contributed by atoms with Crippen molar-refractivity contribution in [2.75, 3.05) is 13.6 Å². The van der Waals surface area contributed by atoms with Crippen LogP contribution < -0.4 is 5.32 Å². The lowest BCUT2D eigenvalue weighted by Gasteiger charge is -2.13. The van der Waals surface area contributed by atoms with E-state index in [-0.39, 0.29) is 5.41 Å². The van der Waals surface area contributed by atoms with E-state index in [9.17, 15) is 0 Å². The molecule has 0 saturated heterocycles. The minimum Gasteiger partial charge on any atom is -0.320 e. The maximum absolute atomic E-state index is 4.32. The molecule has 0 atom stereocenters. The van der Waals surface area contributed by atoms with Crippen molar-refractivity contribution in [3.05, 3.63) is 17.5 Å². The van der Waals surface area contributed by atoms with Gasteiger partial charge in [0.15, 0.2) is 0 Å². The average molecular weight is 195 g/mol. The number of H-pyrrole nitrogens is 1. The highest BCUT2D eigenvalue weighted by atomic mass is 15.1. The van der Waals surface area contributed by atoms with Crippen molar-refractivity contribution in [3.63, 3.8) is 0 Å². The summed E-state index contributed by atoms with van der Waals surface area (Å²) in [6, 6.07) is 2.18. The number of hydrogen-bond donors (Lipinski definition) is 2. The fourth-order valence-corrected chi connectivity index (χ4v) is 1.33. The smallest absolute Gasteiger partial charge is 0.0678 e. The average Bonchev–Trinajstić information content (AvgIpc) is 2.52. The van der Waals surface area contributed by atoms with Gasteiger partial charge in [0.05, 0.1) is 5.69 Å². The Morgan fingerprint density at radius 3 is 2.64 bits per heavy atom. The Morgan fingerprint density at radius 1 is 1.43 bits per heavy atom. The van der Waals surface area contributed by atoms with Gasteiger partial charge in [-0.1, -0.05) is 20.8 Å². The van der Waals surface area contributed by atoms with E-state index in [1.54, 1.807) is 0 Å². The van der Waals surface area contributed by atoms with Crippen LogP contribution in [0.3, 0.4) is 0 Å². The van der Waals surface area contributed by atoms with E-state index >= 15 is 0 Å². The second kappa shape index (κ2) is 4.60. The number of hydrogen-bond acceptors (Lipinski definition) is 2. The minimum atomic E-state index is 0.151. The van der Waals surface area contributed by atoms with E-state index in [0.29, 0.717) is 0 Å². The first kappa shape index (κ1) is 11.2. The number of nitrogens with zero attached hydrogens (tertiary/aromatic N) is 1. The molecular formula is C11H21N3. The van der Waals surface area contributed by atoms with Crippen molar-refractivity contribution in [2.24, 2.45) is 0 Å². The molecule has 0 amide bonds. The van der Waals surface area contributed by atoms with Crippen LogP contribution in [0.4, 0.5) is 0 Å². The van der Waals surface area contributed by atoms with E-state index in [0.717, 1.165) is 25.1 Å². The SMILES string of the molecule is CNCCCc1cc(C(C)(C)C)n[nH]1. The Kier molecular flexibility index (Phi) is 3.69. The highest BCUT2D eigenvalue weighted by Gasteiger charge is 2.16. The van der Waals surface area contributed by atoms with E-state index in [2.05, 4.69) is 42.4 Å². The van der Waals surface area contributed by atoms with Crippen LogP contribution in [-0.4, -0.2) is 23.8 Å². The highest BCUT2D eigenvalue weighted by Crippen LogP contribution is 2.20. The number of aryl methyl sites for hydroxylation is 1. The van der Waals surface area contributed by atoms with Crippen LogP contribution in [0.2, 0.25) is 0 Å². The van der Waals surface area contributed by atoms with Gasteiger partial charge in [0.2, 0.25) is 0 Å². The van der Waals surface area contributed by atoms with Crippen molar-refractivity contribution in [1.82, 2.24) is 15.5 Å². The fourth-order valence-electron chi connectivity index (χ4n) is 1.33. The summed E-state index contributed by atoms with van der Waals surface area (Å²) in [6.07, 6.45) is 2.23. The summed E-state index contributed by atoms with van der Waals surface area (Å²) in [5.41, 5.74) is 2.54. The third-order valence-corrected chi connectivity index (χ3v) is 2.27. The van der Waals surface area contributed by atoms with E-state index < -0.39 is 0 Å². The summed E-state index contributed by atoms with van der Waals surface area (Å²) in [7, 11) is 1.98. The zero-order valence-corrected chi connectivity index (χ0v) is 9.65. The van der Waals surface area contributed by atoms with Gasteiger partial charge in [-0.15, -0.1) is 0 Å². The van der Waals surface area contributed by atoms with Crippen LogP contribution in [0.25, 0.3) is 0 Å². The molecule has 0 unspecified atom stereocenters. The van der Waals surface area contributed by atoms with Crippen LogP contribution in [0.5, 0.6) is 0 Å². The van der Waals surface area contributed by atoms with Crippen LogP contribution in [0.1, 0.15) is 38.6 Å². The maximum Gasteiger partial charge on any atom is 0.0678 e. The number of rotatable bonds is 4. The van der Waals surface area contributed by atoms with E-state index in [4.69, 9.17) is 0 Å². The Bertz CT molecular complexity index is 270. The fraction of sp³-hybridized carbons (Fsp3) is 0.727. The predicted octanol–water partition coefficient (Wildman–Crippen LogP) is 1.86. The van der Waals surface area contributed by atoms with Crippen LogP contribution in [-0.2, 0) is 11.8 Å². The van der Waals surface area contributed by atoms with Crippen molar-refractivity contribution >= 4 is 0 Å². The molecule has 14 heavy (non-hydrogen) atoms. The van der Waals surface area contributed by atoms with Crippen LogP contribution >= 0.6 is 0 Å². The largest absolute Gasteiger partial charge is 0.320 e. The molecule has 0 aliphatic rings. The normalized spacial score (nSPS) is 12.0. The highest BCUT2D eigenvalue weighted by molar-refractivity contribution is 5.16. The van der Waals surface area contributed by atoms with Crippen LogP contribution in [0.15, 0.2) is 6.07 Å². The molecule has 0 radical (unpaired) electrons. The van der Waals surface area contributed by atoms with Crippen molar-refractivity contribution < 1.29 is 0 Å². The molecule has 0 spiro atoms. The third-order valence-electron chi connectivity index (χ3n) is 2.27. The lowest BCUT2D eigenvalue weighted by atomic mass is 9.92. The third kappa shape index (κ3) is 3.14. The zero-order chi connectivity index (χ0) is 10.6. The van der Waals surface area contributed by atoms with Gasteiger partial charge in [0.1, 0.15) is 0 Å². The predicted molar refractivity (Wildman–Crippen MR) is 59.5 cm³/mol.